The lowest BCUT2D eigenvalue weighted by Gasteiger charge is -2.66. The van der Waals surface area contributed by atoms with Crippen LogP contribution in [0.15, 0.2) is 16.8 Å². The molecule has 0 aromatic rings. The smallest absolute Gasteiger partial charge is 0.183 e. The first kappa shape index (κ1) is 29.1. The SMILES string of the molecule is CC1/C(=N/O)CCC2(C)C1CCC1(C)C3CCC4(CC5OC(O)COC(O)C5O)CCC(C)(C)CC4C3=CCC12. The number of hydrogen-bond donors (Lipinski definition) is 4. The van der Waals surface area contributed by atoms with Crippen LogP contribution >= 0.6 is 0 Å². The second-order valence-corrected chi connectivity index (χ2v) is 16.0. The van der Waals surface area contributed by atoms with Gasteiger partial charge < -0.3 is 30.0 Å². The fraction of sp³-hybridized carbons (Fsp3) is 0.909. The van der Waals surface area contributed by atoms with Crippen LogP contribution in [0, 0.1) is 51.2 Å². The molecule has 12 unspecified atom stereocenters. The molecule has 0 spiro atoms. The molecule has 40 heavy (non-hydrogen) atoms. The second kappa shape index (κ2) is 10.0. The average molecular weight is 560 g/mol. The summed E-state index contributed by atoms with van der Waals surface area (Å²) >= 11 is 0. The van der Waals surface area contributed by atoms with Crippen molar-refractivity contribution in [2.45, 2.75) is 130 Å². The zero-order chi connectivity index (χ0) is 28.7. The summed E-state index contributed by atoms with van der Waals surface area (Å²) in [7, 11) is 0. The number of rotatable bonds is 2. The van der Waals surface area contributed by atoms with Crippen LogP contribution in [-0.2, 0) is 9.47 Å². The molecule has 4 N–H and O–H groups in total. The van der Waals surface area contributed by atoms with Crippen molar-refractivity contribution in [3.63, 3.8) is 0 Å². The molecule has 5 fully saturated rings. The lowest BCUT2D eigenvalue weighted by atomic mass is 9.38. The maximum absolute atomic E-state index is 10.9. The number of ether oxygens (including phenoxy) is 2. The Balaban J connectivity index is 1.33. The summed E-state index contributed by atoms with van der Waals surface area (Å²) in [5, 5.41) is 45.0. The highest BCUT2D eigenvalue weighted by Gasteiger charge is 2.63. The molecule has 6 aliphatic rings. The molecule has 1 aliphatic heterocycles. The first-order valence-electron chi connectivity index (χ1n) is 16.1. The molecule has 5 aliphatic carbocycles. The minimum absolute atomic E-state index is 0.0105. The standard InChI is InChI=1S/C33H53NO6/c1-19-21-8-11-32(5)22-9-13-33(17-25-28(36)29(37)39-18-27(35)40-25)15-14-30(2,3)16-23(33)20(22)6-7-26(32)31(21,4)12-10-24(19)34-38/h6,19,21-23,25-29,35-38H,7-18H2,1-5H3/b34-24+. The Labute approximate surface area is 240 Å². The number of oxime groups is 1. The Morgan fingerprint density at radius 2 is 1.73 bits per heavy atom. The van der Waals surface area contributed by atoms with Crippen molar-refractivity contribution in [2.24, 2.45) is 56.4 Å². The van der Waals surface area contributed by atoms with Gasteiger partial charge in [-0.2, -0.15) is 0 Å². The van der Waals surface area contributed by atoms with E-state index in [4.69, 9.17) is 9.47 Å². The summed E-state index contributed by atoms with van der Waals surface area (Å²) in [4.78, 5) is 0. The summed E-state index contributed by atoms with van der Waals surface area (Å²) in [6, 6.07) is 0. The Morgan fingerprint density at radius 1 is 0.950 bits per heavy atom. The Bertz CT molecular complexity index is 1040. The van der Waals surface area contributed by atoms with Crippen LogP contribution in [0.4, 0.5) is 0 Å². The van der Waals surface area contributed by atoms with Gasteiger partial charge in [0, 0.05) is 5.92 Å². The van der Waals surface area contributed by atoms with Crippen molar-refractivity contribution in [3.8, 4) is 0 Å². The first-order valence-corrected chi connectivity index (χ1v) is 16.1. The summed E-state index contributed by atoms with van der Waals surface area (Å²) in [5.41, 5.74) is 3.41. The number of nitrogens with zero attached hydrogens (tertiary/aromatic N) is 1. The van der Waals surface area contributed by atoms with Crippen molar-refractivity contribution in [1.82, 2.24) is 0 Å². The molecule has 1 saturated heterocycles. The lowest BCUT2D eigenvalue weighted by Crippen LogP contribution is -2.59. The van der Waals surface area contributed by atoms with Crippen LogP contribution in [-0.4, -0.2) is 57.6 Å². The fourth-order valence-corrected chi connectivity index (χ4v) is 11.3. The monoisotopic (exact) mass is 559 g/mol. The predicted octanol–water partition coefficient (Wildman–Crippen LogP) is 5.64. The molecule has 0 bridgehead atoms. The third-order valence-electron chi connectivity index (χ3n) is 13.5. The van der Waals surface area contributed by atoms with Crippen molar-refractivity contribution in [2.75, 3.05) is 6.61 Å². The van der Waals surface area contributed by atoms with E-state index in [1.807, 2.05) is 0 Å². The van der Waals surface area contributed by atoms with Crippen LogP contribution in [0.3, 0.4) is 0 Å². The van der Waals surface area contributed by atoms with E-state index in [2.05, 4.69) is 45.9 Å². The largest absolute Gasteiger partial charge is 0.411 e. The molecule has 0 aromatic carbocycles. The molecule has 0 amide bonds. The topological polar surface area (TPSA) is 112 Å². The summed E-state index contributed by atoms with van der Waals surface area (Å²) in [5.74, 6) is 2.54. The van der Waals surface area contributed by atoms with E-state index in [-0.39, 0.29) is 28.3 Å². The van der Waals surface area contributed by atoms with Crippen molar-refractivity contribution >= 4 is 5.71 Å². The first-order chi connectivity index (χ1) is 18.8. The van der Waals surface area contributed by atoms with Gasteiger partial charge in [-0.3, -0.25) is 0 Å². The van der Waals surface area contributed by atoms with E-state index in [0.717, 1.165) is 57.1 Å². The molecule has 4 saturated carbocycles. The molecular weight excluding hydrogens is 506 g/mol. The molecule has 0 aromatic heterocycles. The highest BCUT2D eigenvalue weighted by Crippen LogP contribution is 2.71. The van der Waals surface area contributed by atoms with Gasteiger partial charge in [0.2, 0.25) is 0 Å². The minimum Gasteiger partial charge on any atom is -0.411 e. The highest BCUT2D eigenvalue weighted by atomic mass is 16.7. The molecular formula is C33H53NO6. The summed E-state index contributed by atoms with van der Waals surface area (Å²) < 4.78 is 11.2. The highest BCUT2D eigenvalue weighted by molar-refractivity contribution is 5.87. The Hall–Kier alpha value is -0.990. The number of hydrogen-bond acceptors (Lipinski definition) is 7. The predicted molar refractivity (Wildman–Crippen MR) is 152 cm³/mol. The quantitative estimate of drug-likeness (QED) is 0.198. The summed E-state index contributed by atoms with van der Waals surface area (Å²) in [6.45, 7) is 12.1. The maximum atomic E-state index is 10.9. The van der Waals surface area contributed by atoms with Crippen LogP contribution < -0.4 is 0 Å². The number of fused-ring (bicyclic) bond motifs is 7. The van der Waals surface area contributed by atoms with E-state index < -0.39 is 24.8 Å². The Morgan fingerprint density at radius 3 is 2.48 bits per heavy atom. The van der Waals surface area contributed by atoms with E-state index >= 15 is 0 Å². The second-order valence-electron chi connectivity index (χ2n) is 16.0. The van der Waals surface area contributed by atoms with E-state index in [0.29, 0.717) is 36.0 Å². The van der Waals surface area contributed by atoms with Gasteiger partial charge in [-0.05, 0) is 116 Å². The fourth-order valence-electron chi connectivity index (χ4n) is 11.3. The molecule has 226 valence electrons. The van der Waals surface area contributed by atoms with Gasteiger partial charge >= 0.3 is 0 Å². The van der Waals surface area contributed by atoms with Gasteiger partial charge in [0.15, 0.2) is 12.6 Å². The third kappa shape index (κ3) is 4.44. The molecule has 7 heteroatoms. The van der Waals surface area contributed by atoms with Crippen molar-refractivity contribution in [1.29, 1.82) is 0 Å². The number of aliphatic hydroxyl groups is 3. The molecule has 1 heterocycles. The molecule has 12 atom stereocenters. The minimum atomic E-state index is -1.34. The number of allylic oxidation sites excluding steroid dienone is 2. The zero-order valence-corrected chi connectivity index (χ0v) is 25.3. The lowest BCUT2D eigenvalue weighted by molar-refractivity contribution is -0.181. The molecule has 6 rings (SSSR count). The van der Waals surface area contributed by atoms with Gasteiger partial charge in [0.25, 0.3) is 0 Å². The van der Waals surface area contributed by atoms with Crippen LogP contribution in [0.2, 0.25) is 0 Å². The normalized spacial score (nSPS) is 53.4. The van der Waals surface area contributed by atoms with Gasteiger partial charge in [0.05, 0.1) is 11.8 Å². The number of aliphatic hydroxyl groups excluding tert-OH is 3. The average Bonchev–Trinajstić information content (AvgIpc) is 3.02. The van der Waals surface area contributed by atoms with Gasteiger partial charge in [-0.1, -0.05) is 51.4 Å². The van der Waals surface area contributed by atoms with Crippen molar-refractivity contribution in [3.05, 3.63) is 11.6 Å². The van der Waals surface area contributed by atoms with Gasteiger partial charge in [0.1, 0.15) is 12.7 Å². The molecule has 7 nitrogen and oxygen atoms in total. The van der Waals surface area contributed by atoms with Crippen LogP contribution in [0.1, 0.15) is 105 Å². The van der Waals surface area contributed by atoms with Crippen molar-refractivity contribution < 1.29 is 30.0 Å². The summed E-state index contributed by atoms with van der Waals surface area (Å²) in [6.07, 6.45) is 10.1. The van der Waals surface area contributed by atoms with Gasteiger partial charge in [-0.15, -0.1) is 0 Å². The van der Waals surface area contributed by atoms with E-state index in [1.165, 1.54) is 12.8 Å². The van der Waals surface area contributed by atoms with Gasteiger partial charge in [-0.25, -0.2) is 0 Å². The maximum Gasteiger partial charge on any atom is 0.183 e. The Kier molecular flexibility index (Phi) is 7.30. The van der Waals surface area contributed by atoms with Crippen LogP contribution in [0.5, 0.6) is 0 Å². The molecule has 0 radical (unpaired) electrons. The van der Waals surface area contributed by atoms with Crippen LogP contribution in [0.25, 0.3) is 0 Å². The zero-order valence-electron chi connectivity index (χ0n) is 25.3. The van der Waals surface area contributed by atoms with E-state index in [1.54, 1.807) is 5.57 Å². The van der Waals surface area contributed by atoms with E-state index in [9.17, 15) is 20.5 Å². The third-order valence-corrected chi connectivity index (χ3v) is 13.5.